The molecular formula is C23H28N+. The molecule has 124 valence electrons. The average molecular weight is 318 g/mol. The Morgan fingerprint density at radius 3 is 2.21 bits per heavy atom. The van der Waals surface area contributed by atoms with Crippen LogP contribution < -0.4 is 4.57 Å². The average Bonchev–Trinajstić information content (AvgIpc) is 2.51. The normalized spacial score (nSPS) is 12.0. The van der Waals surface area contributed by atoms with E-state index in [9.17, 15) is 0 Å². The van der Waals surface area contributed by atoms with Gasteiger partial charge in [-0.05, 0) is 53.5 Å². The first-order chi connectivity index (χ1) is 11.2. The Bertz CT molecular complexity index is 927. The minimum Gasteiger partial charge on any atom is -0.198 e. The van der Waals surface area contributed by atoms with E-state index in [-0.39, 0.29) is 5.41 Å². The van der Waals surface area contributed by atoms with Crippen molar-refractivity contribution >= 4 is 10.8 Å². The Labute approximate surface area is 146 Å². The summed E-state index contributed by atoms with van der Waals surface area (Å²) in [6.45, 7) is 13.5. The lowest BCUT2D eigenvalue weighted by molar-refractivity contribution is -0.665. The second kappa shape index (κ2) is 5.73. The Morgan fingerprint density at radius 2 is 1.54 bits per heavy atom. The highest BCUT2D eigenvalue weighted by Gasteiger charge is 2.23. The highest BCUT2D eigenvalue weighted by Crippen LogP contribution is 2.34. The van der Waals surface area contributed by atoms with Crippen LogP contribution in [0.2, 0.25) is 0 Å². The molecule has 0 radical (unpaired) electrons. The Morgan fingerprint density at radius 1 is 0.875 bits per heavy atom. The Hall–Kier alpha value is -2.15. The summed E-state index contributed by atoms with van der Waals surface area (Å²) in [4.78, 5) is 0. The van der Waals surface area contributed by atoms with Gasteiger partial charge in [0.1, 0.15) is 7.05 Å². The maximum Gasteiger partial charge on any atom is 0.220 e. The number of aromatic nitrogens is 1. The summed E-state index contributed by atoms with van der Waals surface area (Å²) in [7, 11) is 2.18. The number of nitrogens with zero attached hydrogens (tertiary/aromatic N) is 1. The molecule has 0 fully saturated rings. The van der Waals surface area contributed by atoms with Gasteiger partial charge in [0, 0.05) is 13.0 Å². The van der Waals surface area contributed by atoms with Gasteiger partial charge in [-0.1, -0.05) is 45.0 Å². The molecule has 0 saturated carbocycles. The van der Waals surface area contributed by atoms with Gasteiger partial charge >= 0.3 is 0 Å². The molecule has 0 aliphatic carbocycles. The summed E-state index contributed by atoms with van der Waals surface area (Å²) in [5.41, 5.74) is 8.22. The zero-order valence-electron chi connectivity index (χ0n) is 16.0. The number of pyridine rings is 1. The van der Waals surface area contributed by atoms with Crippen LogP contribution in [-0.2, 0) is 12.5 Å². The van der Waals surface area contributed by atoms with Crippen LogP contribution in [0.4, 0.5) is 0 Å². The molecule has 0 aliphatic rings. The van der Waals surface area contributed by atoms with Crippen LogP contribution in [0, 0.1) is 20.8 Å². The van der Waals surface area contributed by atoms with Gasteiger partial charge in [0.25, 0.3) is 0 Å². The maximum absolute atomic E-state index is 2.39. The van der Waals surface area contributed by atoms with Gasteiger partial charge in [-0.3, -0.25) is 0 Å². The van der Waals surface area contributed by atoms with Gasteiger partial charge in [-0.2, -0.15) is 4.57 Å². The minimum atomic E-state index is 0.144. The number of aryl methyl sites for hydroxylation is 2. The molecule has 0 bridgehead atoms. The number of benzene rings is 2. The minimum absolute atomic E-state index is 0.144. The maximum atomic E-state index is 2.39. The second-order valence-electron chi connectivity index (χ2n) is 8.00. The molecule has 0 saturated heterocycles. The second-order valence-corrected chi connectivity index (χ2v) is 8.00. The summed E-state index contributed by atoms with van der Waals surface area (Å²) in [5, 5.41) is 2.63. The molecule has 1 nitrogen and oxygen atoms in total. The number of rotatable bonds is 1. The molecule has 0 amide bonds. The lowest BCUT2D eigenvalue weighted by Gasteiger charge is -2.22. The number of hydrogen-bond donors (Lipinski definition) is 0. The van der Waals surface area contributed by atoms with E-state index in [0.717, 1.165) is 0 Å². The van der Waals surface area contributed by atoms with Gasteiger partial charge in [-0.25, -0.2) is 0 Å². The van der Waals surface area contributed by atoms with Crippen molar-refractivity contribution in [3.05, 3.63) is 64.8 Å². The molecule has 3 aromatic rings. The third-order valence-electron chi connectivity index (χ3n) is 5.23. The van der Waals surface area contributed by atoms with E-state index in [4.69, 9.17) is 0 Å². The van der Waals surface area contributed by atoms with Crippen LogP contribution in [-0.4, -0.2) is 0 Å². The highest BCUT2D eigenvalue weighted by atomic mass is 14.9. The standard InChI is InChI=1S/C23H28N/c1-15-12-19(23(4,5)6)14-21(17(15)3)22-20-11-9-8-10-18(20)13-16(2)24(22)7/h8-14H,1-7H3/q+1. The fourth-order valence-electron chi connectivity index (χ4n) is 3.38. The quantitative estimate of drug-likeness (QED) is 0.518. The summed E-state index contributed by atoms with van der Waals surface area (Å²) in [6, 6.07) is 15.7. The zero-order valence-corrected chi connectivity index (χ0v) is 16.0. The molecule has 3 rings (SSSR count). The van der Waals surface area contributed by atoms with E-state index in [0.29, 0.717) is 0 Å². The fourth-order valence-corrected chi connectivity index (χ4v) is 3.38. The van der Waals surface area contributed by atoms with E-state index < -0.39 is 0 Å². The van der Waals surface area contributed by atoms with Gasteiger partial charge in [0.15, 0.2) is 5.69 Å². The predicted molar refractivity (Wildman–Crippen MR) is 103 cm³/mol. The van der Waals surface area contributed by atoms with E-state index in [2.05, 4.69) is 95.6 Å². The molecule has 0 N–H and O–H groups in total. The monoisotopic (exact) mass is 318 g/mol. The van der Waals surface area contributed by atoms with Crippen molar-refractivity contribution in [3.8, 4) is 11.3 Å². The van der Waals surface area contributed by atoms with Gasteiger partial charge in [0.2, 0.25) is 5.69 Å². The molecule has 24 heavy (non-hydrogen) atoms. The van der Waals surface area contributed by atoms with Crippen LogP contribution in [0.3, 0.4) is 0 Å². The lowest BCUT2D eigenvalue weighted by atomic mass is 9.83. The molecule has 2 aromatic carbocycles. The molecular weight excluding hydrogens is 290 g/mol. The molecule has 0 aliphatic heterocycles. The third-order valence-corrected chi connectivity index (χ3v) is 5.23. The number of fused-ring (bicyclic) bond motifs is 1. The topological polar surface area (TPSA) is 3.88 Å². The fraction of sp³-hybridized carbons (Fsp3) is 0.348. The lowest BCUT2D eigenvalue weighted by Crippen LogP contribution is -2.35. The van der Waals surface area contributed by atoms with Crippen LogP contribution >= 0.6 is 0 Å². The van der Waals surface area contributed by atoms with Crippen LogP contribution in [0.25, 0.3) is 22.0 Å². The van der Waals surface area contributed by atoms with Gasteiger partial charge in [-0.15, -0.1) is 0 Å². The first-order valence-electron chi connectivity index (χ1n) is 8.70. The van der Waals surface area contributed by atoms with Crippen LogP contribution in [0.15, 0.2) is 42.5 Å². The number of hydrogen-bond acceptors (Lipinski definition) is 0. The summed E-state index contributed by atoms with van der Waals surface area (Å²) < 4.78 is 2.33. The molecule has 1 heterocycles. The van der Waals surface area contributed by atoms with E-state index in [1.165, 1.54) is 44.4 Å². The van der Waals surface area contributed by atoms with Crippen molar-refractivity contribution in [1.82, 2.24) is 0 Å². The zero-order chi connectivity index (χ0) is 17.6. The SMILES string of the molecule is Cc1cc(C(C)(C)C)cc(-c2c3ccccc3cc(C)[n+]2C)c1C. The van der Waals surface area contributed by atoms with Crippen LogP contribution in [0.1, 0.15) is 43.2 Å². The molecule has 0 atom stereocenters. The van der Waals surface area contributed by atoms with Gasteiger partial charge < -0.3 is 0 Å². The van der Waals surface area contributed by atoms with Crippen molar-refractivity contribution in [2.75, 3.05) is 0 Å². The van der Waals surface area contributed by atoms with E-state index in [1.807, 2.05) is 0 Å². The molecule has 1 heteroatoms. The summed E-state index contributed by atoms with van der Waals surface area (Å²) >= 11 is 0. The van der Waals surface area contributed by atoms with E-state index in [1.54, 1.807) is 0 Å². The Balaban J connectivity index is 2.44. The largest absolute Gasteiger partial charge is 0.220 e. The van der Waals surface area contributed by atoms with Crippen molar-refractivity contribution in [2.24, 2.45) is 7.05 Å². The van der Waals surface area contributed by atoms with Gasteiger partial charge in [0.05, 0.1) is 10.9 Å². The predicted octanol–water partition coefficient (Wildman–Crippen LogP) is 5.55. The first-order valence-corrected chi connectivity index (χ1v) is 8.70. The third kappa shape index (κ3) is 2.73. The smallest absolute Gasteiger partial charge is 0.198 e. The van der Waals surface area contributed by atoms with E-state index >= 15 is 0 Å². The van der Waals surface area contributed by atoms with Crippen molar-refractivity contribution in [3.63, 3.8) is 0 Å². The van der Waals surface area contributed by atoms with Crippen molar-refractivity contribution < 1.29 is 4.57 Å². The Kier molecular flexibility index (Phi) is 3.99. The highest BCUT2D eigenvalue weighted by molar-refractivity contribution is 5.94. The van der Waals surface area contributed by atoms with Crippen LogP contribution in [0.5, 0.6) is 0 Å². The molecule has 0 unspecified atom stereocenters. The molecule has 0 spiro atoms. The summed E-state index contributed by atoms with van der Waals surface area (Å²) in [5.74, 6) is 0. The summed E-state index contributed by atoms with van der Waals surface area (Å²) in [6.07, 6.45) is 0. The first kappa shape index (κ1) is 16.7. The molecule has 1 aromatic heterocycles. The van der Waals surface area contributed by atoms with Crippen molar-refractivity contribution in [1.29, 1.82) is 0 Å². The van der Waals surface area contributed by atoms with Crippen molar-refractivity contribution in [2.45, 2.75) is 47.0 Å².